The fourth-order valence-corrected chi connectivity index (χ4v) is 0.905. The fourth-order valence-electron chi connectivity index (χ4n) is 0.548. The standard InChI is InChI=1S/C6H5BrN2O/c7-5-2-1-3-8-6(5)4-9-10/h1-4,10H. The second kappa shape index (κ2) is 3.31. The monoisotopic (exact) mass is 200 g/mol. The van der Waals surface area contributed by atoms with Gasteiger partial charge in [0.2, 0.25) is 0 Å². The van der Waals surface area contributed by atoms with Crippen LogP contribution in [0.5, 0.6) is 0 Å². The lowest BCUT2D eigenvalue weighted by Crippen LogP contribution is -1.86. The van der Waals surface area contributed by atoms with Crippen LogP contribution in [-0.2, 0) is 0 Å². The van der Waals surface area contributed by atoms with Crippen molar-refractivity contribution in [3.05, 3.63) is 28.5 Å². The number of aromatic nitrogens is 1. The molecule has 0 aliphatic carbocycles. The van der Waals surface area contributed by atoms with E-state index >= 15 is 0 Å². The molecular formula is C6H5BrN2O. The molecule has 10 heavy (non-hydrogen) atoms. The summed E-state index contributed by atoms with van der Waals surface area (Å²) in [5.41, 5.74) is 0.616. The van der Waals surface area contributed by atoms with Crippen LogP contribution in [0.2, 0.25) is 0 Å². The Morgan fingerprint density at radius 2 is 2.50 bits per heavy atom. The Kier molecular flexibility index (Phi) is 2.39. The Hall–Kier alpha value is -0.900. The summed E-state index contributed by atoms with van der Waals surface area (Å²) < 4.78 is 0.813. The third-order valence-electron chi connectivity index (χ3n) is 0.967. The molecule has 1 rings (SSSR count). The fraction of sp³-hybridized carbons (Fsp3) is 0. The van der Waals surface area contributed by atoms with Crippen molar-refractivity contribution in [2.45, 2.75) is 0 Å². The van der Waals surface area contributed by atoms with E-state index in [-0.39, 0.29) is 0 Å². The first-order valence-corrected chi connectivity index (χ1v) is 3.42. The van der Waals surface area contributed by atoms with Crippen LogP contribution < -0.4 is 0 Å². The van der Waals surface area contributed by atoms with E-state index in [1.807, 2.05) is 6.07 Å². The molecule has 1 N–H and O–H groups in total. The summed E-state index contributed by atoms with van der Waals surface area (Å²) in [5, 5.41) is 11.0. The van der Waals surface area contributed by atoms with Gasteiger partial charge in [-0.05, 0) is 28.1 Å². The second-order valence-corrected chi connectivity index (χ2v) is 2.47. The van der Waals surface area contributed by atoms with Crippen molar-refractivity contribution in [3.8, 4) is 0 Å². The van der Waals surface area contributed by atoms with E-state index in [1.165, 1.54) is 6.21 Å². The Morgan fingerprint density at radius 1 is 1.70 bits per heavy atom. The summed E-state index contributed by atoms with van der Waals surface area (Å²) in [6.07, 6.45) is 2.89. The number of hydrogen-bond donors (Lipinski definition) is 1. The number of oxime groups is 1. The third kappa shape index (κ3) is 1.54. The summed E-state index contributed by atoms with van der Waals surface area (Å²) in [5.74, 6) is 0. The van der Waals surface area contributed by atoms with Gasteiger partial charge in [0.25, 0.3) is 0 Å². The van der Waals surface area contributed by atoms with Crippen LogP contribution in [0, 0.1) is 0 Å². The lowest BCUT2D eigenvalue weighted by Gasteiger charge is -1.91. The van der Waals surface area contributed by atoms with Crippen molar-refractivity contribution in [1.82, 2.24) is 4.98 Å². The molecule has 4 heteroatoms. The van der Waals surface area contributed by atoms with Crippen molar-refractivity contribution in [2.75, 3.05) is 0 Å². The molecular weight excluding hydrogens is 196 g/mol. The molecule has 0 aliphatic heterocycles. The van der Waals surface area contributed by atoms with Crippen LogP contribution in [0.25, 0.3) is 0 Å². The van der Waals surface area contributed by atoms with Crippen LogP contribution in [0.4, 0.5) is 0 Å². The van der Waals surface area contributed by atoms with Crippen LogP contribution >= 0.6 is 15.9 Å². The highest BCUT2D eigenvalue weighted by Crippen LogP contribution is 2.10. The van der Waals surface area contributed by atoms with Gasteiger partial charge in [0.1, 0.15) is 0 Å². The molecule has 52 valence electrons. The average Bonchev–Trinajstić information content (AvgIpc) is 1.94. The zero-order chi connectivity index (χ0) is 7.40. The zero-order valence-corrected chi connectivity index (χ0v) is 6.62. The predicted molar refractivity (Wildman–Crippen MR) is 41.3 cm³/mol. The highest BCUT2D eigenvalue weighted by Gasteiger charge is 1.93. The third-order valence-corrected chi connectivity index (χ3v) is 1.64. The molecule has 1 aromatic heterocycles. The van der Waals surface area contributed by atoms with Gasteiger partial charge in [-0.2, -0.15) is 0 Å². The van der Waals surface area contributed by atoms with Crippen LogP contribution in [-0.4, -0.2) is 16.4 Å². The maximum absolute atomic E-state index is 8.15. The summed E-state index contributed by atoms with van der Waals surface area (Å²) in [7, 11) is 0. The minimum atomic E-state index is 0.616. The van der Waals surface area contributed by atoms with Gasteiger partial charge in [0, 0.05) is 10.7 Å². The van der Waals surface area contributed by atoms with E-state index < -0.39 is 0 Å². The van der Waals surface area contributed by atoms with Gasteiger partial charge in [-0.25, -0.2) is 0 Å². The van der Waals surface area contributed by atoms with E-state index in [1.54, 1.807) is 12.3 Å². The second-order valence-electron chi connectivity index (χ2n) is 1.62. The van der Waals surface area contributed by atoms with Crippen molar-refractivity contribution in [1.29, 1.82) is 0 Å². The number of pyridine rings is 1. The van der Waals surface area contributed by atoms with Gasteiger partial charge < -0.3 is 5.21 Å². The van der Waals surface area contributed by atoms with E-state index in [9.17, 15) is 0 Å². The van der Waals surface area contributed by atoms with Gasteiger partial charge in [-0.3, -0.25) is 4.98 Å². The molecule has 0 spiro atoms. The number of halogens is 1. The largest absolute Gasteiger partial charge is 0.411 e. The van der Waals surface area contributed by atoms with Gasteiger partial charge in [-0.1, -0.05) is 5.16 Å². The van der Waals surface area contributed by atoms with Crippen molar-refractivity contribution in [3.63, 3.8) is 0 Å². The highest BCUT2D eigenvalue weighted by atomic mass is 79.9. The van der Waals surface area contributed by atoms with Crippen LogP contribution in [0.3, 0.4) is 0 Å². The predicted octanol–water partition coefficient (Wildman–Crippen LogP) is 1.65. The van der Waals surface area contributed by atoms with E-state index in [2.05, 4.69) is 26.1 Å². The average molecular weight is 201 g/mol. The first kappa shape index (κ1) is 7.21. The summed E-state index contributed by atoms with van der Waals surface area (Å²) in [6, 6.07) is 3.61. The van der Waals surface area contributed by atoms with Crippen LogP contribution in [0.1, 0.15) is 5.69 Å². The quantitative estimate of drug-likeness (QED) is 0.426. The maximum atomic E-state index is 8.15. The SMILES string of the molecule is ON=Cc1ncccc1Br. The molecule has 0 aromatic carbocycles. The molecule has 0 aliphatic rings. The molecule has 0 amide bonds. The molecule has 0 bridgehead atoms. The first-order chi connectivity index (χ1) is 4.84. The molecule has 0 saturated heterocycles. The first-order valence-electron chi connectivity index (χ1n) is 2.62. The van der Waals surface area contributed by atoms with Crippen LogP contribution in [0.15, 0.2) is 28.0 Å². The highest BCUT2D eigenvalue weighted by molar-refractivity contribution is 9.10. The topological polar surface area (TPSA) is 45.5 Å². The smallest absolute Gasteiger partial charge is 0.0987 e. The molecule has 0 saturated carbocycles. The Bertz CT molecular complexity index is 249. The molecule has 0 atom stereocenters. The lowest BCUT2D eigenvalue weighted by atomic mass is 10.4. The number of nitrogens with zero attached hydrogens (tertiary/aromatic N) is 2. The summed E-state index contributed by atoms with van der Waals surface area (Å²) in [4.78, 5) is 3.91. The summed E-state index contributed by atoms with van der Waals surface area (Å²) >= 11 is 3.23. The number of hydrogen-bond acceptors (Lipinski definition) is 3. The van der Waals surface area contributed by atoms with Gasteiger partial charge in [0.15, 0.2) is 0 Å². The maximum Gasteiger partial charge on any atom is 0.0987 e. The molecule has 1 heterocycles. The van der Waals surface area contributed by atoms with Crippen molar-refractivity contribution < 1.29 is 5.21 Å². The Balaban J connectivity index is 3.03. The Labute approximate surface area is 66.5 Å². The minimum Gasteiger partial charge on any atom is -0.411 e. The lowest BCUT2D eigenvalue weighted by molar-refractivity contribution is 0.321. The molecule has 0 unspecified atom stereocenters. The minimum absolute atomic E-state index is 0.616. The van der Waals surface area contributed by atoms with Gasteiger partial charge >= 0.3 is 0 Å². The van der Waals surface area contributed by atoms with Gasteiger partial charge in [0.05, 0.1) is 11.9 Å². The molecule has 0 fully saturated rings. The zero-order valence-electron chi connectivity index (χ0n) is 5.03. The Morgan fingerprint density at radius 3 is 3.10 bits per heavy atom. The van der Waals surface area contributed by atoms with Crippen molar-refractivity contribution in [2.24, 2.45) is 5.16 Å². The normalized spacial score (nSPS) is 10.5. The van der Waals surface area contributed by atoms with E-state index in [0.29, 0.717) is 5.69 Å². The molecule has 3 nitrogen and oxygen atoms in total. The molecule has 0 radical (unpaired) electrons. The number of rotatable bonds is 1. The van der Waals surface area contributed by atoms with E-state index in [0.717, 1.165) is 4.47 Å². The molecule has 1 aromatic rings. The van der Waals surface area contributed by atoms with E-state index in [4.69, 9.17) is 5.21 Å². The summed E-state index contributed by atoms with van der Waals surface area (Å²) in [6.45, 7) is 0. The van der Waals surface area contributed by atoms with Crippen molar-refractivity contribution >= 4 is 22.1 Å². The van der Waals surface area contributed by atoms with Gasteiger partial charge in [-0.15, -0.1) is 0 Å².